The van der Waals surface area contributed by atoms with Crippen LogP contribution >= 0.6 is 15.9 Å². The quantitative estimate of drug-likeness (QED) is 0.856. The Bertz CT molecular complexity index is 422. The van der Waals surface area contributed by atoms with Gasteiger partial charge in [0.15, 0.2) is 0 Å². The van der Waals surface area contributed by atoms with E-state index in [1.165, 1.54) is 11.1 Å². The van der Waals surface area contributed by atoms with Gasteiger partial charge < -0.3 is 4.74 Å². The van der Waals surface area contributed by atoms with Gasteiger partial charge in [0, 0.05) is 32.7 Å². The molecule has 1 heterocycles. The SMILES string of the molecule is Cc1cc(OC[C@@H]2CCS(=O)C2)cc(C)c1Br. The molecular formula is C13H17BrO2S. The molecule has 0 radical (unpaired) electrons. The lowest BCUT2D eigenvalue weighted by atomic mass is 10.1. The summed E-state index contributed by atoms with van der Waals surface area (Å²) in [5, 5.41) is 0. The number of benzene rings is 1. The molecule has 2 rings (SSSR count). The molecule has 1 fully saturated rings. The minimum Gasteiger partial charge on any atom is -0.493 e. The van der Waals surface area contributed by atoms with E-state index in [0.29, 0.717) is 12.5 Å². The van der Waals surface area contributed by atoms with Crippen LogP contribution in [-0.2, 0) is 10.8 Å². The Morgan fingerprint density at radius 3 is 2.59 bits per heavy atom. The van der Waals surface area contributed by atoms with Crippen LogP contribution in [0.5, 0.6) is 5.75 Å². The molecule has 4 heteroatoms. The average molecular weight is 317 g/mol. The summed E-state index contributed by atoms with van der Waals surface area (Å²) >= 11 is 3.54. The molecule has 17 heavy (non-hydrogen) atoms. The predicted molar refractivity (Wildman–Crippen MR) is 75.1 cm³/mol. The number of aryl methyl sites for hydroxylation is 2. The lowest BCUT2D eigenvalue weighted by Crippen LogP contribution is -2.12. The molecule has 1 saturated heterocycles. The summed E-state index contributed by atoms with van der Waals surface area (Å²) < 4.78 is 18.2. The number of hydrogen-bond acceptors (Lipinski definition) is 2. The van der Waals surface area contributed by atoms with Crippen molar-refractivity contribution >= 4 is 26.7 Å². The van der Waals surface area contributed by atoms with Crippen LogP contribution in [0.4, 0.5) is 0 Å². The van der Waals surface area contributed by atoms with Crippen LogP contribution in [-0.4, -0.2) is 22.3 Å². The van der Waals surface area contributed by atoms with E-state index in [4.69, 9.17) is 4.74 Å². The minimum absolute atomic E-state index is 0.458. The molecule has 94 valence electrons. The molecule has 2 atom stereocenters. The second-order valence-corrected chi connectivity index (χ2v) is 7.06. The maximum absolute atomic E-state index is 11.3. The standard InChI is InChI=1S/C13H17BrO2S/c1-9-5-12(6-10(2)13(9)14)16-7-11-3-4-17(15)8-11/h5-6,11H,3-4,7-8H2,1-2H3/t11-,17?/m0/s1. The number of hydrogen-bond donors (Lipinski definition) is 0. The first kappa shape index (κ1) is 13.1. The van der Waals surface area contributed by atoms with Crippen molar-refractivity contribution in [2.45, 2.75) is 20.3 Å². The van der Waals surface area contributed by atoms with Crippen molar-refractivity contribution in [3.63, 3.8) is 0 Å². The van der Waals surface area contributed by atoms with E-state index >= 15 is 0 Å². The van der Waals surface area contributed by atoms with Gasteiger partial charge in [0.25, 0.3) is 0 Å². The van der Waals surface area contributed by atoms with Crippen LogP contribution < -0.4 is 4.74 Å². The highest BCUT2D eigenvalue weighted by atomic mass is 79.9. The maximum Gasteiger partial charge on any atom is 0.119 e. The summed E-state index contributed by atoms with van der Waals surface area (Å²) in [6, 6.07) is 4.09. The van der Waals surface area contributed by atoms with E-state index in [2.05, 4.69) is 29.8 Å². The molecule has 2 nitrogen and oxygen atoms in total. The monoisotopic (exact) mass is 316 g/mol. The second-order valence-electron chi connectivity index (χ2n) is 4.65. The zero-order valence-corrected chi connectivity index (χ0v) is 12.6. The molecule has 0 bridgehead atoms. The van der Waals surface area contributed by atoms with Crippen LogP contribution in [0.15, 0.2) is 16.6 Å². The topological polar surface area (TPSA) is 26.3 Å². The zero-order valence-electron chi connectivity index (χ0n) is 10.2. The van der Waals surface area contributed by atoms with Gasteiger partial charge in [0.05, 0.1) is 6.61 Å². The van der Waals surface area contributed by atoms with Gasteiger partial charge in [-0.2, -0.15) is 0 Å². The average Bonchev–Trinajstić information content (AvgIpc) is 2.69. The van der Waals surface area contributed by atoms with Crippen LogP contribution in [0.3, 0.4) is 0 Å². The molecule has 0 aliphatic carbocycles. The van der Waals surface area contributed by atoms with E-state index in [9.17, 15) is 4.21 Å². The molecule has 0 saturated carbocycles. The first-order valence-electron chi connectivity index (χ1n) is 5.81. The molecule has 1 aromatic carbocycles. The minimum atomic E-state index is -0.611. The third kappa shape index (κ3) is 3.32. The Balaban J connectivity index is 1.97. The zero-order chi connectivity index (χ0) is 12.4. The van der Waals surface area contributed by atoms with Crippen molar-refractivity contribution in [1.29, 1.82) is 0 Å². The summed E-state index contributed by atoms with van der Waals surface area (Å²) in [4.78, 5) is 0. The van der Waals surface area contributed by atoms with Crippen molar-refractivity contribution in [3.8, 4) is 5.75 Å². The first-order valence-corrected chi connectivity index (χ1v) is 8.09. The van der Waals surface area contributed by atoms with Gasteiger partial charge in [-0.05, 0) is 43.5 Å². The van der Waals surface area contributed by atoms with Crippen molar-refractivity contribution in [3.05, 3.63) is 27.7 Å². The van der Waals surface area contributed by atoms with Crippen molar-refractivity contribution in [1.82, 2.24) is 0 Å². The smallest absolute Gasteiger partial charge is 0.119 e. The highest BCUT2D eigenvalue weighted by molar-refractivity contribution is 9.10. The fourth-order valence-corrected chi connectivity index (χ4v) is 3.84. The maximum atomic E-state index is 11.3. The van der Waals surface area contributed by atoms with Gasteiger partial charge in [0.1, 0.15) is 5.75 Å². The van der Waals surface area contributed by atoms with E-state index in [1.54, 1.807) is 0 Å². The number of halogens is 1. The number of ether oxygens (including phenoxy) is 1. The van der Waals surface area contributed by atoms with Crippen LogP contribution in [0, 0.1) is 19.8 Å². The summed E-state index contributed by atoms with van der Waals surface area (Å²) in [5.74, 6) is 3.02. The predicted octanol–water partition coefficient (Wildman–Crippen LogP) is 3.21. The molecule has 0 spiro atoms. The van der Waals surface area contributed by atoms with Gasteiger partial charge >= 0.3 is 0 Å². The highest BCUT2D eigenvalue weighted by Gasteiger charge is 2.21. The molecule has 1 aliphatic rings. The molecular weight excluding hydrogens is 300 g/mol. The Labute approximate surface area is 113 Å². The Hall–Kier alpha value is -0.350. The van der Waals surface area contributed by atoms with Gasteiger partial charge in [-0.3, -0.25) is 4.21 Å². The number of rotatable bonds is 3. The summed E-state index contributed by atoms with van der Waals surface area (Å²) in [5.41, 5.74) is 2.38. The van der Waals surface area contributed by atoms with Crippen LogP contribution in [0.2, 0.25) is 0 Å². The van der Waals surface area contributed by atoms with Gasteiger partial charge in [-0.15, -0.1) is 0 Å². The van der Waals surface area contributed by atoms with Crippen molar-refractivity contribution in [2.75, 3.05) is 18.1 Å². The van der Waals surface area contributed by atoms with Crippen molar-refractivity contribution in [2.24, 2.45) is 5.92 Å². The third-order valence-electron chi connectivity index (χ3n) is 3.07. The van der Waals surface area contributed by atoms with E-state index in [0.717, 1.165) is 28.1 Å². The van der Waals surface area contributed by atoms with E-state index in [-0.39, 0.29) is 0 Å². The summed E-state index contributed by atoms with van der Waals surface area (Å²) in [7, 11) is -0.611. The molecule has 0 N–H and O–H groups in total. The van der Waals surface area contributed by atoms with Crippen LogP contribution in [0.1, 0.15) is 17.5 Å². The fourth-order valence-electron chi connectivity index (χ4n) is 2.06. The lowest BCUT2D eigenvalue weighted by Gasteiger charge is -2.13. The summed E-state index contributed by atoms with van der Waals surface area (Å²) in [6.45, 7) is 4.81. The molecule has 1 aliphatic heterocycles. The third-order valence-corrected chi connectivity index (χ3v) is 5.86. The van der Waals surface area contributed by atoms with E-state index in [1.807, 2.05) is 12.1 Å². The van der Waals surface area contributed by atoms with Gasteiger partial charge in [-0.25, -0.2) is 0 Å². The second kappa shape index (κ2) is 5.53. The lowest BCUT2D eigenvalue weighted by molar-refractivity contribution is 0.263. The van der Waals surface area contributed by atoms with Crippen molar-refractivity contribution < 1.29 is 8.95 Å². The highest BCUT2D eigenvalue weighted by Crippen LogP contribution is 2.27. The Morgan fingerprint density at radius 1 is 1.41 bits per heavy atom. The Kier molecular flexibility index (Phi) is 4.26. The largest absolute Gasteiger partial charge is 0.493 e. The molecule has 1 unspecified atom stereocenters. The van der Waals surface area contributed by atoms with E-state index < -0.39 is 10.8 Å². The van der Waals surface area contributed by atoms with Crippen LogP contribution in [0.25, 0.3) is 0 Å². The molecule has 0 aromatic heterocycles. The van der Waals surface area contributed by atoms with Gasteiger partial charge in [0.2, 0.25) is 0 Å². The Morgan fingerprint density at radius 2 is 2.06 bits per heavy atom. The normalized spacial score (nSPS) is 23.9. The van der Waals surface area contributed by atoms with Gasteiger partial charge in [-0.1, -0.05) is 15.9 Å². The first-order chi connectivity index (χ1) is 8.06. The molecule has 0 amide bonds. The summed E-state index contributed by atoms with van der Waals surface area (Å²) in [6.07, 6.45) is 1.03. The fraction of sp³-hybridized carbons (Fsp3) is 0.538. The molecule has 1 aromatic rings.